The molecule has 2 nitrogen and oxygen atoms in total. The van der Waals surface area contributed by atoms with Gasteiger partial charge in [0.25, 0.3) is 0 Å². The van der Waals surface area contributed by atoms with E-state index in [1.54, 1.807) is 11.3 Å². The summed E-state index contributed by atoms with van der Waals surface area (Å²) in [6.07, 6.45) is 5.59. The number of rotatable bonds is 4. The van der Waals surface area contributed by atoms with Gasteiger partial charge in [0.15, 0.2) is 0 Å². The van der Waals surface area contributed by atoms with Crippen molar-refractivity contribution in [3.63, 3.8) is 0 Å². The van der Waals surface area contributed by atoms with Gasteiger partial charge in [-0.25, -0.2) is 4.98 Å². The van der Waals surface area contributed by atoms with Crippen molar-refractivity contribution in [2.75, 3.05) is 0 Å². The van der Waals surface area contributed by atoms with Crippen LogP contribution < -0.4 is 5.32 Å². The standard InChI is InChI=1S/C13H22N2S/c1-10-9-16-12(15-10)8-14-13(2,3)11-6-4-5-7-11/h9,11,14H,4-8H2,1-3H3. The summed E-state index contributed by atoms with van der Waals surface area (Å²) >= 11 is 1.76. The van der Waals surface area contributed by atoms with Crippen LogP contribution in [-0.2, 0) is 6.54 Å². The molecule has 0 radical (unpaired) electrons. The van der Waals surface area contributed by atoms with Crippen molar-refractivity contribution < 1.29 is 0 Å². The summed E-state index contributed by atoms with van der Waals surface area (Å²) in [7, 11) is 0. The smallest absolute Gasteiger partial charge is 0.107 e. The first kappa shape index (κ1) is 12.1. The third-order valence-electron chi connectivity index (χ3n) is 3.74. The molecule has 0 aliphatic heterocycles. The van der Waals surface area contributed by atoms with Gasteiger partial charge in [0, 0.05) is 23.2 Å². The number of thiazole rings is 1. The highest BCUT2D eigenvalue weighted by molar-refractivity contribution is 7.09. The van der Waals surface area contributed by atoms with Gasteiger partial charge >= 0.3 is 0 Å². The second-order valence-electron chi connectivity index (χ2n) is 5.44. The highest BCUT2D eigenvalue weighted by Crippen LogP contribution is 2.33. The maximum atomic E-state index is 4.50. The van der Waals surface area contributed by atoms with Crippen molar-refractivity contribution in [2.24, 2.45) is 5.92 Å². The molecule has 90 valence electrons. The van der Waals surface area contributed by atoms with Gasteiger partial charge in [-0.1, -0.05) is 12.8 Å². The second kappa shape index (κ2) is 4.84. The van der Waals surface area contributed by atoms with Gasteiger partial charge in [0.2, 0.25) is 0 Å². The van der Waals surface area contributed by atoms with E-state index in [2.05, 4.69) is 36.5 Å². The monoisotopic (exact) mass is 238 g/mol. The van der Waals surface area contributed by atoms with Crippen LogP contribution in [0.5, 0.6) is 0 Å². The molecule has 2 rings (SSSR count). The van der Waals surface area contributed by atoms with Gasteiger partial charge in [-0.3, -0.25) is 0 Å². The van der Waals surface area contributed by atoms with E-state index in [9.17, 15) is 0 Å². The molecule has 16 heavy (non-hydrogen) atoms. The second-order valence-corrected chi connectivity index (χ2v) is 6.38. The molecule has 0 aromatic carbocycles. The van der Waals surface area contributed by atoms with E-state index in [-0.39, 0.29) is 5.54 Å². The summed E-state index contributed by atoms with van der Waals surface area (Å²) in [5.74, 6) is 0.841. The zero-order valence-electron chi connectivity index (χ0n) is 10.5. The Morgan fingerprint density at radius 3 is 2.69 bits per heavy atom. The van der Waals surface area contributed by atoms with Crippen molar-refractivity contribution in [1.29, 1.82) is 0 Å². The predicted molar refractivity (Wildman–Crippen MR) is 69.7 cm³/mol. The average Bonchev–Trinajstić information content (AvgIpc) is 2.85. The molecule has 0 atom stereocenters. The Morgan fingerprint density at radius 1 is 1.44 bits per heavy atom. The summed E-state index contributed by atoms with van der Waals surface area (Å²) in [6, 6.07) is 0. The Labute approximate surface area is 102 Å². The van der Waals surface area contributed by atoms with Crippen LogP contribution >= 0.6 is 11.3 Å². The molecule has 1 aliphatic rings. The highest BCUT2D eigenvalue weighted by atomic mass is 32.1. The first-order valence-corrected chi connectivity index (χ1v) is 7.12. The zero-order valence-corrected chi connectivity index (χ0v) is 11.4. The fraction of sp³-hybridized carbons (Fsp3) is 0.769. The molecule has 0 amide bonds. The molecule has 1 fully saturated rings. The maximum absolute atomic E-state index is 4.50. The van der Waals surface area contributed by atoms with E-state index in [0.29, 0.717) is 0 Å². The van der Waals surface area contributed by atoms with Crippen molar-refractivity contribution in [2.45, 2.75) is 58.5 Å². The molecular weight excluding hydrogens is 216 g/mol. The lowest BCUT2D eigenvalue weighted by atomic mass is 9.86. The Kier molecular flexibility index (Phi) is 3.65. The van der Waals surface area contributed by atoms with E-state index in [1.807, 2.05) is 0 Å². The van der Waals surface area contributed by atoms with Crippen LogP contribution in [-0.4, -0.2) is 10.5 Å². The zero-order chi connectivity index (χ0) is 11.6. The minimum absolute atomic E-state index is 0.260. The third kappa shape index (κ3) is 2.83. The van der Waals surface area contributed by atoms with Gasteiger partial charge < -0.3 is 5.32 Å². The number of hydrogen-bond donors (Lipinski definition) is 1. The molecule has 1 aromatic rings. The fourth-order valence-corrected chi connectivity index (χ4v) is 3.29. The van der Waals surface area contributed by atoms with E-state index < -0.39 is 0 Å². The van der Waals surface area contributed by atoms with Crippen molar-refractivity contribution in [3.05, 3.63) is 16.1 Å². The number of nitrogens with one attached hydrogen (secondary N) is 1. The van der Waals surface area contributed by atoms with E-state index in [4.69, 9.17) is 0 Å². The molecule has 1 heterocycles. The Morgan fingerprint density at radius 2 is 2.12 bits per heavy atom. The lowest BCUT2D eigenvalue weighted by molar-refractivity contribution is 0.254. The van der Waals surface area contributed by atoms with Crippen LogP contribution in [0.15, 0.2) is 5.38 Å². The van der Waals surface area contributed by atoms with Crippen LogP contribution in [0.25, 0.3) is 0 Å². The maximum Gasteiger partial charge on any atom is 0.107 e. The lowest BCUT2D eigenvalue weighted by Gasteiger charge is -2.32. The van der Waals surface area contributed by atoms with Crippen molar-refractivity contribution in [3.8, 4) is 0 Å². The minimum Gasteiger partial charge on any atom is -0.305 e. The van der Waals surface area contributed by atoms with Gasteiger partial charge in [-0.2, -0.15) is 0 Å². The number of aryl methyl sites for hydroxylation is 1. The van der Waals surface area contributed by atoms with Crippen molar-refractivity contribution in [1.82, 2.24) is 10.3 Å². The largest absolute Gasteiger partial charge is 0.305 e. The molecule has 1 aliphatic carbocycles. The first-order chi connectivity index (χ1) is 7.58. The van der Waals surface area contributed by atoms with Gasteiger partial charge in [0.05, 0.1) is 0 Å². The highest BCUT2D eigenvalue weighted by Gasteiger charge is 2.31. The molecule has 1 aromatic heterocycles. The molecule has 1 saturated carbocycles. The summed E-state index contributed by atoms with van der Waals surface area (Å²) in [5.41, 5.74) is 1.40. The molecule has 0 bridgehead atoms. The number of nitrogens with zero attached hydrogens (tertiary/aromatic N) is 1. The minimum atomic E-state index is 0.260. The topological polar surface area (TPSA) is 24.9 Å². The average molecular weight is 238 g/mol. The van der Waals surface area contributed by atoms with Gasteiger partial charge in [0.1, 0.15) is 5.01 Å². The van der Waals surface area contributed by atoms with Crippen LogP contribution in [0.4, 0.5) is 0 Å². The van der Waals surface area contributed by atoms with E-state index >= 15 is 0 Å². The van der Waals surface area contributed by atoms with Crippen LogP contribution in [0, 0.1) is 12.8 Å². The number of aromatic nitrogens is 1. The number of hydrogen-bond acceptors (Lipinski definition) is 3. The molecule has 1 N–H and O–H groups in total. The summed E-state index contributed by atoms with van der Waals surface area (Å²) in [6.45, 7) is 7.65. The fourth-order valence-electron chi connectivity index (χ4n) is 2.58. The van der Waals surface area contributed by atoms with Gasteiger partial charge in [-0.15, -0.1) is 11.3 Å². The van der Waals surface area contributed by atoms with Crippen LogP contribution in [0.2, 0.25) is 0 Å². The summed E-state index contributed by atoms with van der Waals surface area (Å²) < 4.78 is 0. The van der Waals surface area contributed by atoms with Crippen LogP contribution in [0.1, 0.15) is 50.2 Å². The Bertz CT molecular complexity index is 337. The molecule has 0 saturated heterocycles. The molecule has 0 spiro atoms. The van der Waals surface area contributed by atoms with E-state index in [0.717, 1.165) is 18.2 Å². The summed E-state index contributed by atoms with van der Waals surface area (Å²) in [5, 5.41) is 7.01. The molecular formula is C13H22N2S. The SMILES string of the molecule is Cc1csc(CNC(C)(C)C2CCCC2)n1. The van der Waals surface area contributed by atoms with E-state index in [1.165, 1.54) is 30.7 Å². The lowest BCUT2D eigenvalue weighted by Crippen LogP contribution is -2.44. The first-order valence-electron chi connectivity index (χ1n) is 6.24. The Hall–Kier alpha value is -0.410. The molecule has 3 heteroatoms. The quantitative estimate of drug-likeness (QED) is 0.868. The molecule has 0 unspecified atom stereocenters. The predicted octanol–water partition coefficient (Wildman–Crippen LogP) is 3.51. The van der Waals surface area contributed by atoms with Crippen LogP contribution in [0.3, 0.4) is 0 Å². The van der Waals surface area contributed by atoms with Crippen molar-refractivity contribution >= 4 is 11.3 Å². The van der Waals surface area contributed by atoms with Gasteiger partial charge in [-0.05, 0) is 39.5 Å². The normalized spacial score (nSPS) is 18.2. The third-order valence-corrected chi connectivity index (χ3v) is 4.70. The summed E-state index contributed by atoms with van der Waals surface area (Å²) in [4.78, 5) is 4.50. The Balaban J connectivity index is 1.88.